The van der Waals surface area contributed by atoms with Crippen LogP contribution in [-0.4, -0.2) is 41.7 Å². The maximum atomic E-state index is 10.5. The van der Waals surface area contributed by atoms with E-state index in [-0.39, 0.29) is 6.04 Å². The standard InChI is InChI=1S/C17H25N3O3/c1-12-8-19-20(10-12)11-13(2)18-9-16(21)15-7-14(22-3)5-6-17(15)23-4/h5-8,10,13,16,18,21H,9,11H2,1-4H3/t13-,16-/m1/s1. The lowest BCUT2D eigenvalue weighted by Crippen LogP contribution is -2.34. The first kappa shape index (κ1) is 17.3. The van der Waals surface area contributed by atoms with Crippen molar-refractivity contribution in [2.24, 2.45) is 0 Å². The fraction of sp³-hybridized carbons (Fsp3) is 0.471. The highest BCUT2D eigenvalue weighted by Gasteiger charge is 2.15. The van der Waals surface area contributed by atoms with Crippen LogP contribution < -0.4 is 14.8 Å². The molecule has 6 nitrogen and oxygen atoms in total. The number of aryl methyl sites for hydroxylation is 1. The van der Waals surface area contributed by atoms with Crippen LogP contribution in [0.15, 0.2) is 30.6 Å². The molecule has 0 aliphatic heterocycles. The second-order valence-electron chi connectivity index (χ2n) is 5.67. The predicted molar refractivity (Wildman–Crippen MR) is 88.9 cm³/mol. The molecule has 1 aromatic heterocycles. The number of methoxy groups -OCH3 is 2. The number of rotatable bonds is 8. The van der Waals surface area contributed by atoms with Crippen molar-refractivity contribution in [3.63, 3.8) is 0 Å². The zero-order valence-electron chi connectivity index (χ0n) is 14.1. The molecule has 1 aromatic carbocycles. The smallest absolute Gasteiger partial charge is 0.124 e. The van der Waals surface area contributed by atoms with Crippen molar-refractivity contribution in [1.82, 2.24) is 15.1 Å². The van der Waals surface area contributed by atoms with Gasteiger partial charge in [0.15, 0.2) is 0 Å². The summed E-state index contributed by atoms with van der Waals surface area (Å²) in [6.07, 6.45) is 3.16. The van der Waals surface area contributed by atoms with Crippen LogP contribution in [0.25, 0.3) is 0 Å². The summed E-state index contributed by atoms with van der Waals surface area (Å²) in [5, 5.41) is 18.0. The van der Waals surface area contributed by atoms with Gasteiger partial charge in [0.25, 0.3) is 0 Å². The summed E-state index contributed by atoms with van der Waals surface area (Å²) in [5.41, 5.74) is 1.85. The normalized spacial score (nSPS) is 13.6. The molecule has 6 heteroatoms. The molecule has 0 unspecified atom stereocenters. The number of nitrogens with one attached hydrogen (secondary N) is 1. The van der Waals surface area contributed by atoms with E-state index in [0.29, 0.717) is 23.6 Å². The second-order valence-corrected chi connectivity index (χ2v) is 5.67. The van der Waals surface area contributed by atoms with Crippen molar-refractivity contribution in [3.05, 3.63) is 41.7 Å². The molecule has 0 aliphatic rings. The molecule has 0 amide bonds. The number of aromatic nitrogens is 2. The van der Waals surface area contributed by atoms with Gasteiger partial charge in [0.05, 0.1) is 33.1 Å². The second kappa shape index (κ2) is 7.99. The van der Waals surface area contributed by atoms with Crippen LogP contribution >= 0.6 is 0 Å². The van der Waals surface area contributed by atoms with Crippen molar-refractivity contribution in [2.45, 2.75) is 32.5 Å². The van der Waals surface area contributed by atoms with Crippen LogP contribution in [0.4, 0.5) is 0 Å². The van der Waals surface area contributed by atoms with Gasteiger partial charge in [-0.15, -0.1) is 0 Å². The summed E-state index contributed by atoms with van der Waals surface area (Å²) in [6, 6.07) is 5.59. The fourth-order valence-corrected chi connectivity index (χ4v) is 2.43. The minimum Gasteiger partial charge on any atom is -0.497 e. The van der Waals surface area contributed by atoms with Crippen LogP contribution in [0.3, 0.4) is 0 Å². The van der Waals surface area contributed by atoms with Gasteiger partial charge in [0.2, 0.25) is 0 Å². The molecule has 0 fully saturated rings. The molecule has 0 radical (unpaired) electrons. The van der Waals surface area contributed by atoms with Gasteiger partial charge in [-0.05, 0) is 37.6 Å². The number of nitrogens with zero attached hydrogens (tertiary/aromatic N) is 2. The highest BCUT2D eigenvalue weighted by Crippen LogP contribution is 2.29. The van der Waals surface area contributed by atoms with Crippen LogP contribution in [0.5, 0.6) is 11.5 Å². The zero-order chi connectivity index (χ0) is 16.8. The molecule has 1 heterocycles. The van der Waals surface area contributed by atoms with Gasteiger partial charge in [0, 0.05) is 24.3 Å². The van der Waals surface area contributed by atoms with Gasteiger partial charge < -0.3 is 19.9 Å². The average molecular weight is 319 g/mol. The first-order chi connectivity index (χ1) is 11.0. The van der Waals surface area contributed by atoms with Crippen LogP contribution in [0, 0.1) is 6.92 Å². The third kappa shape index (κ3) is 4.71. The average Bonchev–Trinajstić information content (AvgIpc) is 2.96. The molecule has 0 bridgehead atoms. The van der Waals surface area contributed by atoms with Crippen LogP contribution in [-0.2, 0) is 6.54 Å². The molecule has 0 spiro atoms. The minimum absolute atomic E-state index is 0.181. The van der Waals surface area contributed by atoms with Gasteiger partial charge in [-0.2, -0.15) is 5.10 Å². The number of ether oxygens (including phenoxy) is 2. The molecule has 2 rings (SSSR count). The van der Waals surface area contributed by atoms with Crippen LogP contribution in [0.2, 0.25) is 0 Å². The third-order valence-electron chi connectivity index (χ3n) is 3.68. The first-order valence-corrected chi connectivity index (χ1v) is 7.66. The maximum absolute atomic E-state index is 10.5. The number of benzene rings is 1. The van der Waals surface area contributed by atoms with E-state index < -0.39 is 6.10 Å². The Morgan fingerprint density at radius 2 is 2.09 bits per heavy atom. The predicted octanol–water partition coefficient (Wildman–Crippen LogP) is 1.92. The molecule has 0 saturated carbocycles. The fourth-order valence-electron chi connectivity index (χ4n) is 2.43. The lowest BCUT2D eigenvalue weighted by Gasteiger charge is -2.19. The molecule has 23 heavy (non-hydrogen) atoms. The van der Waals surface area contributed by atoms with E-state index in [1.165, 1.54) is 0 Å². The number of hydrogen-bond donors (Lipinski definition) is 2. The minimum atomic E-state index is -0.679. The molecule has 2 aromatic rings. The third-order valence-corrected chi connectivity index (χ3v) is 3.68. The molecule has 2 N–H and O–H groups in total. The topological polar surface area (TPSA) is 68.5 Å². The summed E-state index contributed by atoms with van der Waals surface area (Å²) in [5.74, 6) is 1.34. The van der Waals surface area contributed by atoms with Crippen LogP contribution in [0.1, 0.15) is 24.2 Å². The SMILES string of the molecule is COc1ccc(OC)c([C@H](O)CN[C@H](C)Cn2cc(C)cn2)c1. The van der Waals surface area contributed by atoms with E-state index in [9.17, 15) is 5.11 Å². The lowest BCUT2D eigenvalue weighted by atomic mass is 10.1. The van der Waals surface area contributed by atoms with Gasteiger partial charge in [-0.25, -0.2) is 0 Å². The van der Waals surface area contributed by atoms with E-state index in [0.717, 1.165) is 12.1 Å². The summed E-state index contributed by atoms with van der Waals surface area (Å²) < 4.78 is 12.4. The Morgan fingerprint density at radius 1 is 1.30 bits per heavy atom. The Morgan fingerprint density at radius 3 is 2.70 bits per heavy atom. The summed E-state index contributed by atoms with van der Waals surface area (Å²) in [7, 11) is 3.19. The van der Waals surface area contributed by atoms with Crippen molar-refractivity contribution in [1.29, 1.82) is 0 Å². The van der Waals surface area contributed by atoms with Crippen molar-refractivity contribution >= 4 is 0 Å². The number of hydrogen-bond acceptors (Lipinski definition) is 5. The van der Waals surface area contributed by atoms with Gasteiger partial charge >= 0.3 is 0 Å². The van der Waals surface area contributed by atoms with E-state index in [2.05, 4.69) is 17.3 Å². The zero-order valence-corrected chi connectivity index (χ0v) is 14.1. The van der Waals surface area contributed by atoms with E-state index in [4.69, 9.17) is 9.47 Å². The molecule has 2 atom stereocenters. The Hall–Kier alpha value is -2.05. The molecule has 0 saturated heterocycles. The highest BCUT2D eigenvalue weighted by atomic mass is 16.5. The molecular formula is C17H25N3O3. The van der Waals surface area contributed by atoms with Crippen molar-refractivity contribution in [3.8, 4) is 11.5 Å². The lowest BCUT2D eigenvalue weighted by molar-refractivity contribution is 0.164. The quantitative estimate of drug-likeness (QED) is 0.778. The Kier molecular flexibility index (Phi) is 6.01. The molecule has 0 aliphatic carbocycles. The summed E-state index contributed by atoms with van der Waals surface area (Å²) in [4.78, 5) is 0. The Bertz CT molecular complexity index is 627. The molecular weight excluding hydrogens is 294 g/mol. The van der Waals surface area contributed by atoms with Gasteiger partial charge in [-0.1, -0.05) is 0 Å². The van der Waals surface area contributed by atoms with Gasteiger partial charge in [-0.3, -0.25) is 4.68 Å². The van der Waals surface area contributed by atoms with E-state index in [1.807, 2.05) is 30.1 Å². The van der Waals surface area contributed by atoms with Gasteiger partial charge in [0.1, 0.15) is 11.5 Å². The number of aliphatic hydroxyl groups excluding tert-OH is 1. The maximum Gasteiger partial charge on any atom is 0.124 e. The van der Waals surface area contributed by atoms with Crippen molar-refractivity contribution < 1.29 is 14.6 Å². The Balaban J connectivity index is 1.94. The number of aliphatic hydroxyl groups is 1. The van der Waals surface area contributed by atoms with Crippen molar-refractivity contribution in [2.75, 3.05) is 20.8 Å². The summed E-state index contributed by atoms with van der Waals surface area (Å²) in [6.45, 7) is 5.24. The summed E-state index contributed by atoms with van der Waals surface area (Å²) >= 11 is 0. The largest absolute Gasteiger partial charge is 0.497 e. The molecule has 126 valence electrons. The van der Waals surface area contributed by atoms with E-state index in [1.54, 1.807) is 26.4 Å². The van der Waals surface area contributed by atoms with E-state index >= 15 is 0 Å². The highest BCUT2D eigenvalue weighted by molar-refractivity contribution is 5.41. The first-order valence-electron chi connectivity index (χ1n) is 7.66. The Labute approximate surface area is 137 Å². The monoisotopic (exact) mass is 319 g/mol.